The molecular formula is C12H25O3. The van der Waals surface area contributed by atoms with Crippen molar-refractivity contribution in [2.45, 2.75) is 70.2 Å². The van der Waals surface area contributed by atoms with E-state index in [-0.39, 0.29) is 12.8 Å². The summed E-state index contributed by atoms with van der Waals surface area (Å²) in [6, 6.07) is 0. The van der Waals surface area contributed by atoms with Crippen molar-refractivity contribution in [2.75, 3.05) is 0 Å². The average molecular weight is 217 g/mol. The number of rotatable bonds is 8. The van der Waals surface area contributed by atoms with E-state index < -0.39 is 17.8 Å². The second kappa shape index (κ2) is 7.20. The van der Waals surface area contributed by atoms with Gasteiger partial charge in [-0.2, -0.15) is 0 Å². The lowest BCUT2D eigenvalue weighted by Crippen LogP contribution is -2.34. The van der Waals surface area contributed by atoms with Gasteiger partial charge in [-0.25, -0.2) is 0 Å². The lowest BCUT2D eigenvalue weighted by atomic mass is 9.89. The lowest BCUT2D eigenvalue weighted by Gasteiger charge is -2.28. The molecule has 0 saturated heterocycles. The second-order valence-corrected chi connectivity index (χ2v) is 4.52. The first kappa shape index (κ1) is 14.9. The minimum Gasteiger partial charge on any atom is -0.393 e. The molecule has 3 heteroatoms. The molecule has 3 N–H and O–H groups in total. The van der Waals surface area contributed by atoms with E-state index in [1.54, 1.807) is 0 Å². The zero-order valence-corrected chi connectivity index (χ0v) is 9.95. The molecule has 0 fully saturated rings. The molecule has 0 spiro atoms. The van der Waals surface area contributed by atoms with Crippen molar-refractivity contribution in [3.63, 3.8) is 0 Å². The van der Waals surface area contributed by atoms with Crippen molar-refractivity contribution in [3.8, 4) is 0 Å². The molecule has 0 aliphatic rings. The molecular weight excluding hydrogens is 192 g/mol. The van der Waals surface area contributed by atoms with Gasteiger partial charge in [-0.15, -0.1) is 0 Å². The van der Waals surface area contributed by atoms with Crippen LogP contribution in [0.2, 0.25) is 0 Å². The molecule has 0 aromatic rings. The molecule has 0 amide bonds. The first-order valence-electron chi connectivity index (χ1n) is 5.85. The normalized spacial score (nSPS) is 19.6. The quantitative estimate of drug-likeness (QED) is 0.579. The maximum Gasteiger partial charge on any atom is 0.0698 e. The average Bonchev–Trinajstić information content (AvgIpc) is 2.01. The third-order valence-corrected chi connectivity index (χ3v) is 2.47. The van der Waals surface area contributed by atoms with Crippen LogP contribution in [-0.2, 0) is 0 Å². The molecule has 91 valence electrons. The summed E-state index contributed by atoms with van der Waals surface area (Å²) >= 11 is 0. The molecule has 0 aliphatic heterocycles. The molecule has 0 aliphatic carbocycles. The van der Waals surface area contributed by atoms with Crippen molar-refractivity contribution in [2.24, 2.45) is 0 Å². The summed E-state index contributed by atoms with van der Waals surface area (Å²) in [4.78, 5) is 0. The molecule has 15 heavy (non-hydrogen) atoms. The van der Waals surface area contributed by atoms with Crippen LogP contribution in [0.4, 0.5) is 0 Å². The molecule has 2 unspecified atom stereocenters. The Morgan fingerprint density at radius 3 is 1.60 bits per heavy atom. The van der Waals surface area contributed by atoms with E-state index in [0.29, 0.717) is 12.8 Å². The Bertz CT molecular complexity index is 141. The second-order valence-electron chi connectivity index (χ2n) is 4.52. The van der Waals surface area contributed by atoms with Crippen LogP contribution in [0.25, 0.3) is 0 Å². The van der Waals surface area contributed by atoms with Gasteiger partial charge in [0.2, 0.25) is 0 Å². The Hall–Kier alpha value is -0.120. The largest absolute Gasteiger partial charge is 0.393 e. The molecule has 0 bridgehead atoms. The highest BCUT2D eigenvalue weighted by Crippen LogP contribution is 2.21. The van der Waals surface area contributed by atoms with Crippen molar-refractivity contribution >= 4 is 0 Å². The lowest BCUT2D eigenvalue weighted by molar-refractivity contribution is -0.0168. The van der Waals surface area contributed by atoms with E-state index in [2.05, 4.69) is 6.92 Å². The maximum atomic E-state index is 9.88. The molecule has 3 nitrogen and oxygen atoms in total. The molecule has 0 aromatic heterocycles. The summed E-state index contributed by atoms with van der Waals surface area (Å²) < 4.78 is 0. The Kier molecular flexibility index (Phi) is 7.14. The summed E-state index contributed by atoms with van der Waals surface area (Å²) in [5, 5.41) is 29.0. The third-order valence-electron chi connectivity index (χ3n) is 2.47. The number of aliphatic hydroxyl groups is 3. The van der Waals surface area contributed by atoms with Crippen LogP contribution in [0.5, 0.6) is 0 Å². The minimum atomic E-state index is -1.21. The Labute approximate surface area is 93.1 Å². The molecule has 0 heterocycles. The first-order chi connectivity index (χ1) is 6.91. The van der Waals surface area contributed by atoms with Crippen LogP contribution in [0.15, 0.2) is 0 Å². The summed E-state index contributed by atoms with van der Waals surface area (Å²) in [5.74, 6) is 0. The van der Waals surface area contributed by atoms with E-state index in [4.69, 9.17) is 0 Å². The summed E-state index contributed by atoms with van der Waals surface area (Å²) in [6.45, 7) is 7.62. The van der Waals surface area contributed by atoms with Crippen LogP contribution in [-0.4, -0.2) is 33.1 Å². The zero-order chi connectivity index (χ0) is 11.9. The van der Waals surface area contributed by atoms with Gasteiger partial charge in [-0.3, -0.25) is 0 Å². The fraction of sp³-hybridized carbons (Fsp3) is 0.917. The van der Waals surface area contributed by atoms with Gasteiger partial charge in [0.1, 0.15) is 0 Å². The van der Waals surface area contributed by atoms with Crippen LogP contribution in [0.1, 0.15) is 52.4 Å². The van der Waals surface area contributed by atoms with E-state index in [1.165, 1.54) is 0 Å². The van der Waals surface area contributed by atoms with Gasteiger partial charge in [0.15, 0.2) is 0 Å². The fourth-order valence-electron chi connectivity index (χ4n) is 1.83. The monoisotopic (exact) mass is 217 g/mol. The fourth-order valence-corrected chi connectivity index (χ4v) is 1.83. The molecule has 0 rings (SSSR count). The Morgan fingerprint density at radius 1 is 1.00 bits per heavy atom. The molecule has 0 aromatic carbocycles. The molecule has 1 radical (unpaired) electrons. The number of hydrogen-bond acceptors (Lipinski definition) is 3. The van der Waals surface area contributed by atoms with Gasteiger partial charge in [-0.1, -0.05) is 26.7 Å². The Morgan fingerprint density at radius 2 is 1.33 bits per heavy atom. The van der Waals surface area contributed by atoms with E-state index >= 15 is 0 Å². The van der Waals surface area contributed by atoms with E-state index in [9.17, 15) is 15.3 Å². The highest BCUT2D eigenvalue weighted by Gasteiger charge is 2.27. The first-order valence-corrected chi connectivity index (χ1v) is 5.85. The standard InChI is InChI=1S/C12H25O3/c1-4-6-10(13)8-12(3,15)9-11(14)7-5-2/h10-11,13-15H,3-9H2,1-2H3. The van der Waals surface area contributed by atoms with E-state index in [1.807, 2.05) is 13.8 Å². The SMILES string of the molecule is [CH2]C(O)(CC(O)CCC)CC(O)CCC. The van der Waals surface area contributed by atoms with Crippen molar-refractivity contribution in [3.05, 3.63) is 6.92 Å². The number of aliphatic hydroxyl groups excluding tert-OH is 2. The van der Waals surface area contributed by atoms with Crippen LogP contribution in [0, 0.1) is 6.92 Å². The van der Waals surface area contributed by atoms with Gasteiger partial charge in [0.05, 0.1) is 17.8 Å². The van der Waals surface area contributed by atoms with Crippen LogP contribution < -0.4 is 0 Å². The van der Waals surface area contributed by atoms with Crippen molar-refractivity contribution < 1.29 is 15.3 Å². The predicted molar refractivity (Wildman–Crippen MR) is 61.4 cm³/mol. The summed E-state index contributed by atoms with van der Waals surface area (Å²) in [7, 11) is 0. The van der Waals surface area contributed by atoms with Crippen LogP contribution in [0.3, 0.4) is 0 Å². The smallest absolute Gasteiger partial charge is 0.0698 e. The van der Waals surface area contributed by atoms with Gasteiger partial charge in [0.25, 0.3) is 0 Å². The van der Waals surface area contributed by atoms with Crippen LogP contribution >= 0.6 is 0 Å². The zero-order valence-electron chi connectivity index (χ0n) is 9.95. The molecule has 0 saturated carbocycles. The summed E-state index contributed by atoms with van der Waals surface area (Å²) in [5.41, 5.74) is -1.21. The highest BCUT2D eigenvalue weighted by atomic mass is 16.3. The topological polar surface area (TPSA) is 60.7 Å². The summed E-state index contributed by atoms with van der Waals surface area (Å²) in [6.07, 6.45) is 2.54. The van der Waals surface area contributed by atoms with Gasteiger partial charge < -0.3 is 15.3 Å². The van der Waals surface area contributed by atoms with Gasteiger partial charge in [-0.05, 0) is 19.8 Å². The van der Waals surface area contributed by atoms with Crippen molar-refractivity contribution in [1.82, 2.24) is 0 Å². The Balaban J connectivity index is 3.94. The van der Waals surface area contributed by atoms with E-state index in [0.717, 1.165) is 12.8 Å². The van der Waals surface area contributed by atoms with Gasteiger partial charge >= 0.3 is 0 Å². The maximum absolute atomic E-state index is 9.88. The highest BCUT2D eigenvalue weighted by molar-refractivity contribution is 4.86. The minimum absolute atomic E-state index is 0.238. The number of hydrogen-bond donors (Lipinski definition) is 3. The van der Waals surface area contributed by atoms with Crippen molar-refractivity contribution in [1.29, 1.82) is 0 Å². The van der Waals surface area contributed by atoms with Gasteiger partial charge in [0, 0.05) is 12.8 Å². The third kappa shape index (κ3) is 7.77. The predicted octanol–water partition coefficient (Wildman–Crippen LogP) is 1.65. The molecule has 2 atom stereocenters.